The van der Waals surface area contributed by atoms with E-state index in [-0.39, 0.29) is 0 Å². The van der Waals surface area contributed by atoms with E-state index in [0.29, 0.717) is 28.2 Å². The van der Waals surface area contributed by atoms with Crippen molar-refractivity contribution < 1.29 is 27.4 Å². The number of esters is 1. The number of aryl methyl sites for hydroxylation is 1. The van der Waals surface area contributed by atoms with Gasteiger partial charge in [-0.25, -0.2) is 9.78 Å². The maximum absolute atomic E-state index is 12.8. The number of ether oxygens (including phenoxy) is 2. The zero-order valence-corrected chi connectivity index (χ0v) is 18.1. The number of carbonyl (C=O) groups is 1. The van der Waals surface area contributed by atoms with Crippen LogP contribution < -0.4 is 0 Å². The number of alkyl halides is 3. The van der Waals surface area contributed by atoms with E-state index in [9.17, 15) is 18.0 Å². The molecule has 0 bridgehead atoms. The largest absolute Gasteiger partial charge is 0.454 e. The quantitative estimate of drug-likeness (QED) is 0.385. The molecule has 0 saturated heterocycles. The lowest BCUT2D eigenvalue weighted by Crippen LogP contribution is -2.20. The van der Waals surface area contributed by atoms with E-state index in [1.807, 2.05) is 25.1 Å². The third kappa shape index (κ3) is 5.32. The number of nitrogens with zero attached hydrogens (tertiary/aromatic N) is 1. The average molecular weight is 449 g/mol. The Morgan fingerprint density at radius 3 is 2.29 bits per heavy atom. The van der Waals surface area contributed by atoms with Gasteiger partial charge in [-0.3, -0.25) is 0 Å². The van der Waals surface area contributed by atoms with Crippen LogP contribution in [0.5, 0.6) is 0 Å². The highest BCUT2D eigenvalue weighted by Crippen LogP contribution is 2.37. The first-order valence-corrected chi connectivity index (χ1v) is 10.5. The van der Waals surface area contributed by atoms with E-state index in [0.717, 1.165) is 17.0 Å². The molecule has 2 atom stereocenters. The molecule has 4 nitrogen and oxygen atoms in total. The van der Waals surface area contributed by atoms with Gasteiger partial charge in [0.1, 0.15) is 11.1 Å². The van der Waals surface area contributed by atoms with Crippen molar-refractivity contribution in [1.82, 2.24) is 4.98 Å². The van der Waals surface area contributed by atoms with Crippen LogP contribution in [0.2, 0.25) is 0 Å². The summed E-state index contributed by atoms with van der Waals surface area (Å²) in [7, 11) is 1.44. The first-order chi connectivity index (χ1) is 14.7. The van der Waals surface area contributed by atoms with Gasteiger partial charge in [0.05, 0.1) is 16.1 Å². The molecule has 0 aliphatic heterocycles. The molecule has 2 aromatic carbocycles. The van der Waals surface area contributed by atoms with Crippen LogP contribution in [0.3, 0.4) is 0 Å². The number of benzene rings is 2. The van der Waals surface area contributed by atoms with E-state index in [1.165, 1.54) is 30.6 Å². The molecule has 0 radical (unpaired) electrons. The van der Waals surface area contributed by atoms with Crippen LogP contribution in [0.1, 0.15) is 47.3 Å². The Labute approximate surface area is 182 Å². The Bertz CT molecular complexity index is 1020. The third-order valence-electron chi connectivity index (χ3n) is 4.77. The summed E-state index contributed by atoms with van der Waals surface area (Å²) < 4.78 is 49.5. The van der Waals surface area contributed by atoms with Crippen molar-refractivity contribution in [3.8, 4) is 10.6 Å². The molecule has 31 heavy (non-hydrogen) atoms. The summed E-state index contributed by atoms with van der Waals surface area (Å²) in [5, 5.41) is 0.571. The topological polar surface area (TPSA) is 48.4 Å². The highest BCUT2D eigenvalue weighted by molar-refractivity contribution is 7.15. The van der Waals surface area contributed by atoms with Gasteiger partial charge in [0, 0.05) is 12.7 Å². The molecular weight excluding hydrogens is 427 g/mol. The third-order valence-corrected chi connectivity index (χ3v) is 6.06. The summed E-state index contributed by atoms with van der Waals surface area (Å²) in [5.74, 6) is -0.510. The van der Waals surface area contributed by atoms with Crippen molar-refractivity contribution in [2.75, 3.05) is 7.11 Å². The second kappa shape index (κ2) is 9.62. The molecule has 0 saturated carbocycles. The van der Waals surface area contributed by atoms with Gasteiger partial charge >= 0.3 is 12.1 Å². The lowest BCUT2D eigenvalue weighted by Gasteiger charge is -2.20. The minimum Gasteiger partial charge on any atom is -0.454 e. The second-order valence-corrected chi connectivity index (χ2v) is 7.93. The molecule has 1 aromatic heterocycles. The van der Waals surface area contributed by atoms with Crippen LogP contribution in [0, 0.1) is 6.92 Å². The fraction of sp³-hybridized carbons (Fsp3) is 0.304. The Morgan fingerprint density at radius 1 is 1.10 bits per heavy atom. The SMILES string of the molecule is CCC(OC(=O)[C@H](OC)c1ccccc1)c1sc(-c2ccc(C(F)(F)F)cc2)nc1C. The van der Waals surface area contributed by atoms with Crippen molar-refractivity contribution >= 4 is 17.3 Å². The monoisotopic (exact) mass is 449 g/mol. The molecule has 1 unspecified atom stereocenters. The summed E-state index contributed by atoms with van der Waals surface area (Å²) in [6.45, 7) is 3.68. The van der Waals surface area contributed by atoms with Crippen molar-refractivity contribution in [2.24, 2.45) is 0 Å². The fourth-order valence-corrected chi connectivity index (χ4v) is 4.34. The maximum atomic E-state index is 12.8. The van der Waals surface area contributed by atoms with E-state index in [4.69, 9.17) is 9.47 Å². The fourth-order valence-electron chi connectivity index (χ4n) is 3.15. The number of aromatic nitrogens is 1. The Balaban J connectivity index is 1.81. The molecule has 0 spiro atoms. The van der Waals surface area contributed by atoms with Gasteiger partial charge in [0.25, 0.3) is 0 Å². The van der Waals surface area contributed by atoms with Crippen LogP contribution in [-0.4, -0.2) is 18.1 Å². The van der Waals surface area contributed by atoms with Crippen LogP contribution >= 0.6 is 11.3 Å². The molecule has 0 aliphatic rings. The number of methoxy groups -OCH3 is 1. The summed E-state index contributed by atoms with van der Waals surface area (Å²) >= 11 is 1.31. The molecule has 8 heteroatoms. The predicted octanol–water partition coefficient (Wildman–Crippen LogP) is 6.52. The van der Waals surface area contributed by atoms with E-state index in [2.05, 4.69) is 4.98 Å². The molecule has 0 amide bonds. The number of thiazole rings is 1. The molecule has 0 N–H and O–H groups in total. The summed E-state index contributed by atoms with van der Waals surface area (Å²) in [5.41, 5.74) is 1.23. The molecule has 164 valence electrons. The van der Waals surface area contributed by atoms with Gasteiger partial charge in [-0.2, -0.15) is 13.2 Å². The number of hydrogen-bond acceptors (Lipinski definition) is 5. The van der Waals surface area contributed by atoms with Gasteiger partial charge in [-0.1, -0.05) is 49.4 Å². The molecular formula is C23H22F3NO3S. The van der Waals surface area contributed by atoms with Crippen molar-refractivity contribution in [1.29, 1.82) is 0 Å². The smallest absolute Gasteiger partial charge is 0.416 e. The normalized spacial score (nSPS) is 13.6. The first-order valence-electron chi connectivity index (χ1n) is 9.67. The highest BCUT2D eigenvalue weighted by Gasteiger charge is 2.30. The number of carbonyl (C=O) groups excluding carboxylic acids is 1. The lowest BCUT2D eigenvalue weighted by molar-refractivity contribution is -0.162. The van der Waals surface area contributed by atoms with E-state index in [1.54, 1.807) is 19.1 Å². The highest BCUT2D eigenvalue weighted by atomic mass is 32.1. The molecule has 3 aromatic rings. The van der Waals surface area contributed by atoms with Gasteiger partial charge in [-0.15, -0.1) is 11.3 Å². The summed E-state index contributed by atoms with van der Waals surface area (Å²) in [6, 6.07) is 13.9. The minimum absolute atomic E-state index is 0.510. The number of hydrogen-bond donors (Lipinski definition) is 0. The van der Waals surface area contributed by atoms with Gasteiger partial charge in [0.2, 0.25) is 0 Å². The van der Waals surface area contributed by atoms with Crippen molar-refractivity contribution in [3.63, 3.8) is 0 Å². The second-order valence-electron chi connectivity index (χ2n) is 6.90. The molecule has 3 rings (SSSR count). The minimum atomic E-state index is -4.39. The average Bonchev–Trinajstić information content (AvgIpc) is 3.14. The molecule has 0 aliphatic carbocycles. The van der Waals surface area contributed by atoms with Crippen molar-refractivity contribution in [2.45, 2.75) is 38.7 Å². The van der Waals surface area contributed by atoms with Crippen LogP contribution in [0.25, 0.3) is 10.6 Å². The van der Waals surface area contributed by atoms with Gasteiger partial charge < -0.3 is 9.47 Å². The number of rotatable bonds is 7. The first kappa shape index (κ1) is 23.0. The van der Waals surface area contributed by atoms with E-state index < -0.39 is 29.9 Å². The Hall–Kier alpha value is -2.71. The number of halogens is 3. The van der Waals surface area contributed by atoms with Crippen molar-refractivity contribution in [3.05, 3.63) is 76.3 Å². The summed E-state index contributed by atoms with van der Waals surface area (Å²) in [4.78, 5) is 18.0. The van der Waals surface area contributed by atoms with Crippen LogP contribution in [0.15, 0.2) is 54.6 Å². The van der Waals surface area contributed by atoms with Gasteiger partial charge in [-0.05, 0) is 31.0 Å². The maximum Gasteiger partial charge on any atom is 0.416 e. The molecule has 1 heterocycles. The zero-order chi connectivity index (χ0) is 22.6. The lowest BCUT2D eigenvalue weighted by atomic mass is 10.1. The van der Waals surface area contributed by atoms with Gasteiger partial charge in [0.15, 0.2) is 6.10 Å². The van der Waals surface area contributed by atoms with Crippen LogP contribution in [0.4, 0.5) is 13.2 Å². The summed E-state index contributed by atoms with van der Waals surface area (Å²) in [6.07, 6.45) is -5.25. The van der Waals surface area contributed by atoms with E-state index >= 15 is 0 Å². The standard InChI is InChI=1S/C23H22F3NO3S/c1-4-18(30-22(28)19(29-3)15-8-6-5-7-9-15)20-14(2)27-21(31-20)16-10-12-17(13-11-16)23(24,25)26/h5-13,18-19H,4H2,1-3H3/t18?,19-/m1/s1. The Kier molecular flexibility index (Phi) is 7.12. The zero-order valence-electron chi connectivity index (χ0n) is 17.3. The van der Waals surface area contributed by atoms with Crippen LogP contribution in [-0.2, 0) is 20.4 Å². The Morgan fingerprint density at radius 2 is 1.74 bits per heavy atom. The predicted molar refractivity (Wildman–Crippen MR) is 113 cm³/mol. The molecule has 0 fully saturated rings.